The molecule has 220 valence electrons. The minimum atomic E-state index is -4.27. The zero-order valence-corrected chi connectivity index (χ0v) is 23.6. The monoisotopic (exact) mass is 581 g/mol. The molecule has 0 radical (unpaired) electrons. The summed E-state index contributed by atoms with van der Waals surface area (Å²) in [6, 6.07) is 14.5. The first-order valence-corrected chi connectivity index (χ1v) is 14.2. The number of carbonyl (C=O) groups excluding carboxylic acids is 2. The molecule has 2 amide bonds. The number of hydrogen-bond acceptors (Lipinski definition) is 9. The van der Waals surface area contributed by atoms with E-state index >= 15 is 0 Å². The predicted molar refractivity (Wildman–Crippen MR) is 145 cm³/mol. The van der Waals surface area contributed by atoms with Gasteiger partial charge in [0.25, 0.3) is 5.69 Å². The molecule has 2 aromatic carbocycles. The van der Waals surface area contributed by atoms with Gasteiger partial charge in [-0.1, -0.05) is 56.3 Å². The number of benzene rings is 2. The Bertz CT molecular complexity index is 1150. The van der Waals surface area contributed by atoms with Crippen molar-refractivity contribution in [2.45, 2.75) is 51.7 Å². The molecule has 40 heavy (non-hydrogen) atoms. The summed E-state index contributed by atoms with van der Waals surface area (Å²) in [6.45, 7) is 3.36. The summed E-state index contributed by atoms with van der Waals surface area (Å²) >= 11 is 0. The molecular formula is C26H36N3O10P. The molecule has 0 aliphatic rings. The van der Waals surface area contributed by atoms with Gasteiger partial charge in [-0.25, -0.2) is 9.59 Å². The van der Waals surface area contributed by atoms with Gasteiger partial charge in [-0.15, -0.1) is 0 Å². The number of nitrogens with zero attached hydrogens (tertiary/aromatic N) is 1. The van der Waals surface area contributed by atoms with E-state index in [0.29, 0.717) is 12.8 Å². The molecule has 0 aliphatic heterocycles. The molecule has 3 atom stereocenters. The molecule has 0 saturated carbocycles. The second-order valence-electron chi connectivity index (χ2n) is 9.26. The van der Waals surface area contributed by atoms with Crippen molar-refractivity contribution in [1.82, 2.24) is 10.6 Å². The van der Waals surface area contributed by atoms with E-state index in [0.717, 1.165) is 12.7 Å². The van der Waals surface area contributed by atoms with Gasteiger partial charge in [0, 0.05) is 25.8 Å². The minimum Gasteiger partial charge on any atom is -0.445 e. The Labute approximate surface area is 232 Å². The molecule has 0 heterocycles. The van der Waals surface area contributed by atoms with Crippen molar-refractivity contribution < 1.29 is 42.7 Å². The number of nitrogens with one attached hydrogen (secondary N) is 2. The Morgan fingerprint density at radius 2 is 1.62 bits per heavy atom. The summed E-state index contributed by atoms with van der Waals surface area (Å²) in [5.41, 5.74) is 0.860. The number of para-hydroxylation sites is 1. The van der Waals surface area contributed by atoms with Crippen molar-refractivity contribution in [2.75, 3.05) is 20.3 Å². The smallest absolute Gasteiger partial charge is 0.408 e. The van der Waals surface area contributed by atoms with Crippen LogP contribution >= 0.6 is 7.60 Å². The van der Waals surface area contributed by atoms with Crippen molar-refractivity contribution in [2.24, 2.45) is 5.92 Å². The molecule has 0 spiro atoms. The van der Waals surface area contributed by atoms with Crippen LogP contribution in [0.2, 0.25) is 0 Å². The number of carbonyl (C=O) groups is 2. The lowest BCUT2D eigenvalue weighted by Gasteiger charge is -2.23. The van der Waals surface area contributed by atoms with Gasteiger partial charge in [0.2, 0.25) is 0 Å². The van der Waals surface area contributed by atoms with Crippen LogP contribution in [0.5, 0.6) is 0 Å². The lowest BCUT2D eigenvalue weighted by Crippen LogP contribution is -2.40. The number of rotatable bonds is 16. The first-order valence-electron chi connectivity index (χ1n) is 12.6. The second-order valence-corrected chi connectivity index (χ2v) is 11.4. The summed E-state index contributed by atoms with van der Waals surface area (Å²) in [4.78, 5) is 45.4. The van der Waals surface area contributed by atoms with Gasteiger partial charge in [-0.3, -0.25) is 14.7 Å². The largest absolute Gasteiger partial charge is 0.445 e. The number of nitro groups is 1. The maximum absolute atomic E-state index is 12.4. The van der Waals surface area contributed by atoms with Crippen LogP contribution in [0.15, 0.2) is 54.6 Å². The van der Waals surface area contributed by atoms with Crippen LogP contribution in [0.1, 0.15) is 37.8 Å². The Hall–Kier alpha value is -3.51. The van der Waals surface area contributed by atoms with E-state index in [1.165, 1.54) is 18.2 Å². The quantitative estimate of drug-likeness (QED) is 0.109. The van der Waals surface area contributed by atoms with Crippen molar-refractivity contribution in [3.8, 4) is 0 Å². The number of alkyl carbamates (subject to hydrolysis) is 2. The van der Waals surface area contributed by atoms with Gasteiger partial charge in [0.05, 0.1) is 17.1 Å². The van der Waals surface area contributed by atoms with E-state index in [1.54, 1.807) is 30.3 Å². The van der Waals surface area contributed by atoms with Gasteiger partial charge in [0.15, 0.2) is 5.78 Å². The summed E-state index contributed by atoms with van der Waals surface area (Å²) in [6.07, 6.45) is -0.756. The normalized spacial score (nSPS) is 14.0. The van der Waals surface area contributed by atoms with E-state index in [2.05, 4.69) is 15.2 Å². The second kappa shape index (κ2) is 16.6. The van der Waals surface area contributed by atoms with Gasteiger partial charge >= 0.3 is 19.8 Å². The number of hydrogen-bond donors (Lipinski definition) is 3. The molecule has 2 aromatic rings. The number of amides is 2. The van der Waals surface area contributed by atoms with Gasteiger partial charge in [0.1, 0.15) is 13.2 Å². The zero-order valence-electron chi connectivity index (χ0n) is 22.7. The highest BCUT2D eigenvalue weighted by Crippen LogP contribution is 2.45. The Balaban J connectivity index is 1.86. The average molecular weight is 582 g/mol. The highest BCUT2D eigenvalue weighted by atomic mass is 31.2. The molecule has 0 fully saturated rings. The summed E-state index contributed by atoms with van der Waals surface area (Å²) in [5.74, 6) is -1.18. The average Bonchev–Trinajstić information content (AvgIpc) is 2.92. The van der Waals surface area contributed by atoms with Crippen LogP contribution in [0.25, 0.3) is 0 Å². The maximum atomic E-state index is 12.4. The highest BCUT2D eigenvalue weighted by Gasteiger charge is 2.33. The fourth-order valence-corrected chi connectivity index (χ4v) is 4.46. The van der Waals surface area contributed by atoms with E-state index in [9.17, 15) is 29.2 Å². The van der Waals surface area contributed by atoms with Gasteiger partial charge in [-0.05, 0) is 30.4 Å². The molecule has 13 nitrogen and oxygen atoms in total. The molecule has 3 unspecified atom stereocenters. The molecule has 0 aliphatic carbocycles. The molecule has 0 saturated heterocycles. The molecule has 3 N–H and O–H groups in total. The van der Waals surface area contributed by atoms with E-state index in [-0.39, 0.29) is 49.6 Å². The van der Waals surface area contributed by atoms with Crippen LogP contribution in [-0.4, -0.2) is 54.2 Å². The topological polar surface area (TPSA) is 176 Å². The predicted octanol–water partition coefficient (Wildman–Crippen LogP) is 4.73. The SMILES string of the molecule is COP(=O)(O)C(COCCC(CC(C)C)NC(=O)OCc1ccccc1[N+](=O)[O-])NC(=O)OCc1ccccc1. The molecule has 0 bridgehead atoms. The summed E-state index contributed by atoms with van der Waals surface area (Å²) in [5, 5.41) is 16.2. The fourth-order valence-electron chi connectivity index (χ4n) is 3.65. The lowest BCUT2D eigenvalue weighted by atomic mass is 10.0. The van der Waals surface area contributed by atoms with E-state index < -0.39 is 30.5 Å². The maximum Gasteiger partial charge on any atom is 0.408 e. The van der Waals surface area contributed by atoms with Crippen molar-refractivity contribution >= 4 is 25.5 Å². The summed E-state index contributed by atoms with van der Waals surface area (Å²) < 4.78 is 33.0. The van der Waals surface area contributed by atoms with Crippen LogP contribution in [0.4, 0.5) is 15.3 Å². The van der Waals surface area contributed by atoms with E-state index in [4.69, 9.17) is 14.2 Å². The number of nitro benzene ring substituents is 1. The van der Waals surface area contributed by atoms with Crippen molar-refractivity contribution in [3.05, 3.63) is 75.8 Å². The third-order valence-corrected chi connectivity index (χ3v) is 7.25. The van der Waals surface area contributed by atoms with Crippen LogP contribution in [-0.2, 0) is 36.5 Å². The molecule has 14 heteroatoms. The molecule has 0 aromatic heterocycles. The highest BCUT2D eigenvalue weighted by molar-refractivity contribution is 7.53. The molecular weight excluding hydrogens is 545 g/mol. The number of ether oxygens (including phenoxy) is 3. The standard InChI is InChI=1S/C26H36N3O10P/c1-19(2)15-22(27-25(30)39-17-21-11-7-8-12-23(21)29(32)33)13-14-37-18-24(40(34,35)36-3)28-26(31)38-16-20-9-5-4-6-10-20/h4-12,19,22,24H,13-18H2,1-3H3,(H,27,30)(H,28,31)(H,34,35). The fraction of sp³-hybridized carbons (Fsp3) is 0.462. The van der Waals surface area contributed by atoms with Crippen LogP contribution in [0, 0.1) is 16.0 Å². The van der Waals surface area contributed by atoms with Gasteiger partial charge < -0.3 is 34.3 Å². The first kappa shape index (κ1) is 32.7. The molecule has 2 rings (SSSR count). The third-order valence-electron chi connectivity index (χ3n) is 5.66. The van der Waals surface area contributed by atoms with Crippen molar-refractivity contribution in [3.63, 3.8) is 0 Å². The van der Waals surface area contributed by atoms with Crippen LogP contribution in [0.3, 0.4) is 0 Å². The minimum absolute atomic E-state index is 0.0285. The Kier molecular flexibility index (Phi) is 13.5. The Morgan fingerprint density at radius 3 is 2.27 bits per heavy atom. The van der Waals surface area contributed by atoms with Gasteiger partial charge in [-0.2, -0.15) is 0 Å². The first-order chi connectivity index (χ1) is 19.0. The Morgan fingerprint density at radius 1 is 1.00 bits per heavy atom. The lowest BCUT2D eigenvalue weighted by molar-refractivity contribution is -0.385. The zero-order chi connectivity index (χ0) is 29.5. The third kappa shape index (κ3) is 11.7. The van der Waals surface area contributed by atoms with Crippen LogP contribution < -0.4 is 10.6 Å². The summed E-state index contributed by atoms with van der Waals surface area (Å²) in [7, 11) is -3.22. The van der Waals surface area contributed by atoms with Crippen molar-refractivity contribution in [1.29, 1.82) is 0 Å². The van der Waals surface area contributed by atoms with E-state index in [1.807, 2.05) is 19.9 Å².